The predicted octanol–water partition coefficient (Wildman–Crippen LogP) is 0.830. The highest BCUT2D eigenvalue weighted by Gasteiger charge is 2.26. The molecule has 1 saturated heterocycles. The normalized spacial score (nSPS) is 14.9. The van der Waals surface area contributed by atoms with Gasteiger partial charge in [-0.05, 0) is 20.0 Å². The molecule has 156 valence electrons. The number of likely N-dealkylation sites (N-methyl/N-ethyl adjacent to an activating group) is 1. The summed E-state index contributed by atoms with van der Waals surface area (Å²) in [6.45, 7) is 4.39. The molecule has 2 heterocycles. The number of fused-ring (bicyclic) bond motifs is 1. The number of carbonyl (C=O) groups excluding carboxylic acids is 1. The first-order chi connectivity index (χ1) is 13.9. The molecule has 1 aromatic carbocycles. The van der Waals surface area contributed by atoms with Crippen LogP contribution in [0.15, 0.2) is 23.1 Å². The lowest BCUT2D eigenvalue weighted by Gasteiger charge is -2.33. The highest BCUT2D eigenvalue weighted by Crippen LogP contribution is 2.33. The van der Waals surface area contributed by atoms with Crippen molar-refractivity contribution >= 4 is 28.2 Å². The Kier molecular flexibility index (Phi) is 6.14. The molecule has 1 aromatic heterocycles. The molecule has 0 saturated carbocycles. The van der Waals surface area contributed by atoms with E-state index in [-0.39, 0.29) is 36.4 Å². The molecule has 2 aromatic rings. The molecule has 0 bridgehead atoms. The van der Waals surface area contributed by atoms with Crippen molar-refractivity contribution in [2.75, 3.05) is 51.3 Å². The summed E-state index contributed by atoms with van der Waals surface area (Å²) in [7, 11) is 1.99. The van der Waals surface area contributed by atoms with Crippen LogP contribution in [-0.4, -0.2) is 71.9 Å². The van der Waals surface area contributed by atoms with Gasteiger partial charge in [-0.15, -0.1) is 0 Å². The van der Waals surface area contributed by atoms with E-state index in [0.29, 0.717) is 24.3 Å². The SMILES string of the molecule is CCOC(=O)c1cn(CCO)c2cc(N3CCN(C)CC3)c([N+](=O)[O-])cc2c1=O. The van der Waals surface area contributed by atoms with Gasteiger partial charge in [0.2, 0.25) is 5.43 Å². The average molecular weight is 404 g/mol. The Bertz CT molecular complexity index is 994. The second-order valence-electron chi connectivity index (χ2n) is 6.91. The van der Waals surface area contributed by atoms with Gasteiger partial charge < -0.3 is 24.2 Å². The van der Waals surface area contributed by atoms with Crippen molar-refractivity contribution in [1.29, 1.82) is 0 Å². The maximum Gasteiger partial charge on any atom is 0.343 e. The van der Waals surface area contributed by atoms with Crippen molar-refractivity contribution in [3.63, 3.8) is 0 Å². The van der Waals surface area contributed by atoms with E-state index >= 15 is 0 Å². The van der Waals surface area contributed by atoms with Gasteiger partial charge in [-0.1, -0.05) is 0 Å². The minimum Gasteiger partial charge on any atom is -0.462 e. The van der Waals surface area contributed by atoms with Crippen molar-refractivity contribution in [3.05, 3.63) is 44.2 Å². The molecular weight excluding hydrogens is 380 g/mol. The van der Waals surface area contributed by atoms with Crippen LogP contribution < -0.4 is 10.3 Å². The number of ether oxygens (including phenoxy) is 1. The molecule has 0 atom stereocenters. The molecule has 1 aliphatic rings. The Labute approximate surface area is 167 Å². The van der Waals surface area contributed by atoms with Gasteiger partial charge in [-0.25, -0.2) is 4.79 Å². The van der Waals surface area contributed by atoms with Crippen LogP contribution in [0.2, 0.25) is 0 Å². The number of carbonyl (C=O) groups is 1. The van der Waals surface area contributed by atoms with Crippen molar-refractivity contribution in [3.8, 4) is 0 Å². The molecule has 0 unspecified atom stereocenters. The Hall–Kier alpha value is -2.98. The number of piperazine rings is 1. The predicted molar refractivity (Wildman–Crippen MR) is 108 cm³/mol. The van der Waals surface area contributed by atoms with Gasteiger partial charge in [0.25, 0.3) is 5.69 Å². The third-order valence-corrected chi connectivity index (χ3v) is 5.05. The third kappa shape index (κ3) is 4.08. The highest BCUT2D eigenvalue weighted by molar-refractivity contribution is 5.96. The summed E-state index contributed by atoms with van der Waals surface area (Å²) in [5, 5.41) is 21.2. The lowest BCUT2D eigenvalue weighted by Crippen LogP contribution is -2.44. The van der Waals surface area contributed by atoms with Gasteiger partial charge in [0.05, 0.1) is 29.0 Å². The standard InChI is InChI=1S/C19H24N4O6/c1-3-29-19(26)14-12-22(8-9-24)15-11-16(21-6-4-20(2)5-7-21)17(23(27)28)10-13(15)18(14)25/h10-12,24H,3-9H2,1-2H3. The van der Waals surface area contributed by atoms with E-state index in [9.17, 15) is 24.8 Å². The molecule has 10 nitrogen and oxygen atoms in total. The van der Waals surface area contributed by atoms with Crippen LogP contribution in [0.1, 0.15) is 17.3 Å². The van der Waals surface area contributed by atoms with E-state index in [1.54, 1.807) is 17.6 Å². The Morgan fingerprint density at radius 3 is 2.55 bits per heavy atom. The minimum atomic E-state index is -0.795. The number of aliphatic hydroxyl groups excluding tert-OH is 1. The number of hydrogen-bond acceptors (Lipinski definition) is 8. The fourth-order valence-corrected chi connectivity index (χ4v) is 3.51. The van der Waals surface area contributed by atoms with Crippen molar-refractivity contribution in [1.82, 2.24) is 9.47 Å². The molecule has 1 fully saturated rings. The van der Waals surface area contributed by atoms with E-state index in [2.05, 4.69) is 4.90 Å². The van der Waals surface area contributed by atoms with Crippen LogP contribution in [0, 0.1) is 10.1 Å². The summed E-state index contributed by atoms with van der Waals surface area (Å²) < 4.78 is 6.50. The summed E-state index contributed by atoms with van der Waals surface area (Å²) in [5.41, 5.74) is -0.173. The summed E-state index contributed by atoms with van der Waals surface area (Å²) in [4.78, 5) is 40.4. The summed E-state index contributed by atoms with van der Waals surface area (Å²) in [5.74, 6) is -0.795. The first-order valence-electron chi connectivity index (χ1n) is 9.44. The van der Waals surface area contributed by atoms with Gasteiger partial charge in [0.15, 0.2) is 0 Å². The molecule has 0 aliphatic carbocycles. The summed E-state index contributed by atoms with van der Waals surface area (Å²) in [6, 6.07) is 2.83. The minimum absolute atomic E-state index is 0.0496. The number of nitro groups is 1. The monoisotopic (exact) mass is 404 g/mol. The second-order valence-corrected chi connectivity index (χ2v) is 6.91. The number of hydrogen-bond donors (Lipinski definition) is 1. The molecule has 1 aliphatic heterocycles. The van der Waals surface area contributed by atoms with Crippen LogP contribution >= 0.6 is 0 Å². The zero-order valence-corrected chi connectivity index (χ0v) is 16.5. The number of nitrogens with zero attached hydrogens (tertiary/aromatic N) is 4. The molecule has 1 N–H and O–H groups in total. The van der Waals surface area contributed by atoms with Crippen molar-refractivity contribution in [2.45, 2.75) is 13.5 Å². The van der Waals surface area contributed by atoms with E-state index in [1.807, 2.05) is 11.9 Å². The maximum atomic E-state index is 12.9. The molecule has 10 heteroatoms. The number of benzene rings is 1. The topological polar surface area (TPSA) is 118 Å². The molecule has 0 amide bonds. The second kappa shape index (κ2) is 8.58. The number of aromatic nitrogens is 1. The first-order valence-corrected chi connectivity index (χ1v) is 9.44. The molecular formula is C19H24N4O6. The van der Waals surface area contributed by atoms with Crippen LogP contribution in [0.5, 0.6) is 0 Å². The van der Waals surface area contributed by atoms with Gasteiger partial charge in [-0.2, -0.15) is 0 Å². The zero-order valence-electron chi connectivity index (χ0n) is 16.5. The fourth-order valence-electron chi connectivity index (χ4n) is 3.51. The fraction of sp³-hybridized carbons (Fsp3) is 0.474. The van der Waals surface area contributed by atoms with Crippen LogP contribution in [-0.2, 0) is 11.3 Å². The van der Waals surface area contributed by atoms with Crippen LogP contribution in [0.3, 0.4) is 0 Å². The maximum absolute atomic E-state index is 12.9. The lowest BCUT2D eigenvalue weighted by molar-refractivity contribution is -0.384. The van der Waals surface area contributed by atoms with E-state index in [1.165, 1.54) is 12.3 Å². The van der Waals surface area contributed by atoms with Crippen molar-refractivity contribution < 1.29 is 19.6 Å². The number of rotatable bonds is 6. The van der Waals surface area contributed by atoms with E-state index < -0.39 is 16.3 Å². The average Bonchev–Trinajstić information content (AvgIpc) is 2.70. The third-order valence-electron chi connectivity index (χ3n) is 5.05. The molecule has 29 heavy (non-hydrogen) atoms. The van der Waals surface area contributed by atoms with Gasteiger partial charge >= 0.3 is 5.97 Å². The quantitative estimate of drug-likeness (QED) is 0.427. The number of aliphatic hydroxyl groups is 1. The van der Waals surface area contributed by atoms with E-state index in [4.69, 9.17) is 4.74 Å². The van der Waals surface area contributed by atoms with Crippen LogP contribution in [0.4, 0.5) is 11.4 Å². The van der Waals surface area contributed by atoms with Crippen molar-refractivity contribution in [2.24, 2.45) is 0 Å². The largest absolute Gasteiger partial charge is 0.462 e. The molecule has 0 spiro atoms. The molecule has 0 radical (unpaired) electrons. The highest BCUT2D eigenvalue weighted by atomic mass is 16.6. The smallest absolute Gasteiger partial charge is 0.343 e. The summed E-state index contributed by atoms with van der Waals surface area (Å²) >= 11 is 0. The Morgan fingerprint density at radius 1 is 1.28 bits per heavy atom. The number of anilines is 1. The van der Waals surface area contributed by atoms with Crippen LogP contribution in [0.25, 0.3) is 10.9 Å². The van der Waals surface area contributed by atoms with Gasteiger partial charge in [0, 0.05) is 45.0 Å². The van der Waals surface area contributed by atoms with E-state index in [0.717, 1.165) is 13.1 Å². The Morgan fingerprint density at radius 2 is 1.97 bits per heavy atom. The number of esters is 1. The van der Waals surface area contributed by atoms with Gasteiger partial charge in [0.1, 0.15) is 11.3 Å². The Balaban J connectivity index is 2.24. The first kappa shape index (κ1) is 20.7. The lowest BCUT2D eigenvalue weighted by atomic mass is 10.1. The number of pyridine rings is 1. The zero-order chi connectivity index (χ0) is 21.1. The molecule has 3 rings (SSSR count). The number of nitro benzene ring substituents is 1. The summed E-state index contributed by atoms with van der Waals surface area (Å²) in [6.07, 6.45) is 1.35. The van der Waals surface area contributed by atoms with Gasteiger partial charge in [-0.3, -0.25) is 14.9 Å².